The van der Waals surface area contributed by atoms with E-state index in [4.69, 9.17) is 14.2 Å². The molecule has 0 heterocycles. The largest absolute Gasteiger partial charge is 0.462 e. The minimum atomic E-state index is -0.822. The van der Waals surface area contributed by atoms with Crippen LogP contribution in [0.5, 0.6) is 0 Å². The number of unbranched alkanes of at least 4 members (excludes halogenated alkanes) is 15. The molecule has 0 aliphatic rings. The summed E-state index contributed by atoms with van der Waals surface area (Å²) in [6.07, 6.45) is 73.4. The van der Waals surface area contributed by atoms with Crippen molar-refractivity contribution in [2.45, 2.75) is 226 Å². The smallest absolute Gasteiger partial charge is 0.306 e. The lowest BCUT2D eigenvalue weighted by atomic mass is 10.1. The summed E-state index contributed by atoms with van der Waals surface area (Å²) in [5.74, 6) is -1.03. The first kappa shape index (κ1) is 61.8. The molecule has 6 heteroatoms. The van der Waals surface area contributed by atoms with Gasteiger partial charge in [0.1, 0.15) is 13.2 Å². The maximum atomic E-state index is 12.8. The van der Waals surface area contributed by atoms with Crippen LogP contribution >= 0.6 is 0 Å². The zero-order valence-electron chi connectivity index (χ0n) is 42.4. The molecule has 1 atom stereocenters. The Labute approximate surface area is 405 Å². The third-order valence-corrected chi connectivity index (χ3v) is 10.7. The molecule has 0 bridgehead atoms. The van der Waals surface area contributed by atoms with Crippen LogP contribution in [-0.4, -0.2) is 37.2 Å². The van der Waals surface area contributed by atoms with E-state index < -0.39 is 6.10 Å². The Hall–Kier alpha value is -4.19. The van der Waals surface area contributed by atoms with Crippen molar-refractivity contribution in [2.24, 2.45) is 0 Å². The second-order valence-electron chi connectivity index (χ2n) is 17.0. The van der Waals surface area contributed by atoms with Crippen molar-refractivity contribution in [3.05, 3.63) is 122 Å². The lowest BCUT2D eigenvalue weighted by Gasteiger charge is -2.18. The molecule has 0 fully saturated rings. The van der Waals surface area contributed by atoms with Crippen LogP contribution in [0.1, 0.15) is 220 Å². The van der Waals surface area contributed by atoms with Crippen LogP contribution in [0, 0.1) is 0 Å². The predicted molar refractivity (Wildman–Crippen MR) is 283 cm³/mol. The van der Waals surface area contributed by atoms with Crippen LogP contribution in [0.3, 0.4) is 0 Å². The standard InChI is InChI=1S/C60H96O6/c1-4-7-10-13-16-19-22-25-27-29-30-32-33-35-38-41-44-47-50-53-59(62)65-56-57(55-64-58(61)52-49-46-43-40-37-24-21-18-15-12-9-6-3)66-60(63)54-51-48-45-42-39-36-34-31-28-26-23-20-17-14-11-8-5-2/h7,9-10,12,16-21,25-28,30,32,35,38,44,47,57H,4-6,8,11,13-15,22-24,29,31,33-34,36-37,39-43,45-46,48-56H2,1-3H3/b10-7-,12-9-,19-16-,20-17-,21-18-,27-25-,28-26-,32-30-,38-35-,47-44-. The zero-order chi connectivity index (χ0) is 47.9. The maximum absolute atomic E-state index is 12.8. The van der Waals surface area contributed by atoms with E-state index in [-0.39, 0.29) is 37.5 Å². The molecule has 6 nitrogen and oxygen atoms in total. The third kappa shape index (κ3) is 50.8. The summed E-state index contributed by atoms with van der Waals surface area (Å²) in [5.41, 5.74) is 0. The predicted octanol–water partition coefficient (Wildman–Crippen LogP) is 17.7. The van der Waals surface area contributed by atoms with Crippen molar-refractivity contribution in [3.8, 4) is 0 Å². The first-order valence-electron chi connectivity index (χ1n) is 26.5. The molecule has 0 radical (unpaired) electrons. The molecule has 0 rings (SSSR count). The van der Waals surface area contributed by atoms with E-state index in [1.165, 1.54) is 51.4 Å². The van der Waals surface area contributed by atoms with Gasteiger partial charge in [-0.2, -0.15) is 0 Å². The Morgan fingerprint density at radius 1 is 0.318 bits per heavy atom. The Bertz CT molecular complexity index is 1420. The molecule has 0 aromatic rings. The van der Waals surface area contributed by atoms with Gasteiger partial charge in [-0.1, -0.05) is 206 Å². The Morgan fingerprint density at radius 3 is 1.02 bits per heavy atom. The van der Waals surface area contributed by atoms with E-state index in [1.807, 2.05) is 12.2 Å². The van der Waals surface area contributed by atoms with Crippen LogP contribution in [0.4, 0.5) is 0 Å². The van der Waals surface area contributed by atoms with E-state index >= 15 is 0 Å². The molecule has 0 aliphatic carbocycles. The lowest BCUT2D eigenvalue weighted by molar-refractivity contribution is -0.166. The van der Waals surface area contributed by atoms with Gasteiger partial charge in [-0.25, -0.2) is 0 Å². The van der Waals surface area contributed by atoms with Gasteiger partial charge < -0.3 is 14.2 Å². The van der Waals surface area contributed by atoms with Gasteiger partial charge in [0.15, 0.2) is 6.10 Å². The molecule has 0 aromatic carbocycles. The molecule has 372 valence electrons. The summed E-state index contributed by atoms with van der Waals surface area (Å²) < 4.78 is 16.7. The number of ether oxygens (including phenoxy) is 3. The average molecular weight is 913 g/mol. The highest BCUT2D eigenvalue weighted by Gasteiger charge is 2.19. The van der Waals surface area contributed by atoms with Crippen molar-refractivity contribution in [1.82, 2.24) is 0 Å². The Balaban J connectivity index is 4.53. The SMILES string of the molecule is CC/C=C\C/C=C\C/C=C\C/C=C\C/C=C\C/C=C\CCC(=O)OCC(COC(=O)CCCCCCC/C=C\C/C=C\CC)OC(=O)CCCCCCCCC/C=C\C/C=C\CCCCC. The molecular formula is C60H96O6. The van der Waals surface area contributed by atoms with Gasteiger partial charge in [-0.15, -0.1) is 0 Å². The van der Waals surface area contributed by atoms with E-state index in [1.54, 1.807) is 0 Å². The molecule has 0 aliphatic heterocycles. The fourth-order valence-electron chi connectivity index (χ4n) is 6.77. The monoisotopic (exact) mass is 913 g/mol. The van der Waals surface area contributed by atoms with Gasteiger partial charge in [0.05, 0.1) is 0 Å². The number of hydrogen-bond acceptors (Lipinski definition) is 6. The Morgan fingerprint density at radius 2 is 0.621 bits per heavy atom. The highest BCUT2D eigenvalue weighted by molar-refractivity contribution is 5.71. The Kier molecular flexibility index (Phi) is 50.0. The van der Waals surface area contributed by atoms with Crippen molar-refractivity contribution in [3.63, 3.8) is 0 Å². The highest BCUT2D eigenvalue weighted by atomic mass is 16.6. The van der Waals surface area contributed by atoms with E-state index in [9.17, 15) is 14.4 Å². The molecule has 66 heavy (non-hydrogen) atoms. The zero-order valence-corrected chi connectivity index (χ0v) is 42.4. The summed E-state index contributed by atoms with van der Waals surface area (Å²) in [6.45, 7) is 6.29. The van der Waals surface area contributed by atoms with Crippen LogP contribution in [-0.2, 0) is 28.6 Å². The second kappa shape index (κ2) is 53.4. The highest BCUT2D eigenvalue weighted by Crippen LogP contribution is 2.13. The van der Waals surface area contributed by atoms with Crippen molar-refractivity contribution >= 4 is 17.9 Å². The van der Waals surface area contributed by atoms with Gasteiger partial charge in [-0.3, -0.25) is 14.4 Å². The molecule has 0 aromatic heterocycles. The quantitative estimate of drug-likeness (QED) is 0.0262. The minimum Gasteiger partial charge on any atom is -0.462 e. The molecular weight excluding hydrogens is 817 g/mol. The summed E-state index contributed by atoms with van der Waals surface area (Å²) in [4.78, 5) is 38.0. The van der Waals surface area contributed by atoms with Crippen LogP contribution in [0.2, 0.25) is 0 Å². The van der Waals surface area contributed by atoms with Crippen molar-refractivity contribution in [2.75, 3.05) is 13.2 Å². The number of carbonyl (C=O) groups excluding carboxylic acids is 3. The number of allylic oxidation sites excluding steroid dienone is 20. The lowest BCUT2D eigenvalue weighted by Crippen LogP contribution is -2.30. The molecule has 0 saturated carbocycles. The van der Waals surface area contributed by atoms with E-state index in [0.717, 1.165) is 122 Å². The summed E-state index contributed by atoms with van der Waals surface area (Å²) in [6, 6.07) is 0. The van der Waals surface area contributed by atoms with Gasteiger partial charge in [0.25, 0.3) is 0 Å². The van der Waals surface area contributed by atoms with Crippen LogP contribution < -0.4 is 0 Å². The first-order chi connectivity index (χ1) is 32.5. The number of hydrogen-bond donors (Lipinski definition) is 0. The van der Waals surface area contributed by atoms with Crippen molar-refractivity contribution in [1.29, 1.82) is 0 Å². The summed E-state index contributed by atoms with van der Waals surface area (Å²) in [7, 11) is 0. The molecule has 1 unspecified atom stereocenters. The molecule has 0 saturated heterocycles. The first-order valence-corrected chi connectivity index (χ1v) is 26.5. The number of carbonyl (C=O) groups is 3. The maximum Gasteiger partial charge on any atom is 0.306 e. The number of rotatable bonds is 46. The van der Waals surface area contributed by atoms with Crippen LogP contribution in [0.25, 0.3) is 0 Å². The minimum absolute atomic E-state index is 0.115. The normalized spacial score (nSPS) is 13.1. The van der Waals surface area contributed by atoms with Gasteiger partial charge >= 0.3 is 17.9 Å². The van der Waals surface area contributed by atoms with E-state index in [0.29, 0.717) is 19.3 Å². The van der Waals surface area contributed by atoms with Crippen LogP contribution in [0.15, 0.2) is 122 Å². The second-order valence-corrected chi connectivity index (χ2v) is 17.0. The fraction of sp³-hybridized carbons (Fsp3) is 0.617. The van der Waals surface area contributed by atoms with Gasteiger partial charge in [-0.05, 0) is 116 Å². The topological polar surface area (TPSA) is 78.9 Å². The summed E-state index contributed by atoms with van der Waals surface area (Å²) >= 11 is 0. The third-order valence-electron chi connectivity index (χ3n) is 10.7. The molecule has 0 N–H and O–H groups in total. The molecule has 0 amide bonds. The fourth-order valence-corrected chi connectivity index (χ4v) is 6.77. The molecule has 0 spiro atoms. The van der Waals surface area contributed by atoms with Gasteiger partial charge in [0.2, 0.25) is 0 Å². The summed E-state index contributed by atoms with van der Waals surface area (Å²) in [5, 5.41) is 0. The number of esters is 3. The van der Waals surface area contributed by atoms with Gasteiger partial charge in [0, 0.05) is 19.3 Å². The average Bonchev–Trinajstić information content (AvgIpc) is 3.31. The van der Waals surface area contributed by atoms with E-state index in [2.05, 4.69) is 130 Å². The van der Waals surface area contributed by atoms with Crippen molar-refractivity contribution < 1.29 is 28.6 Å².